The normalized spacial score (nSPS) is 14.3. The first-order chi connectivity index (χ1) is 15.4. The van der Waals surface area contributed by atoms with Crippen LogP contribution >= 0.6 is 0 Å². The summed E-state index contributed by atoms with van der Waals surface area (Å²) in [6.45, 7) is 2.51. The Morgan fingerprint density at radius 2 is 1.62 bits per heavy atom. The van der Waals surface area contributed by atoms with Gasteiger partial charge in [0.15, 0.2) is 5.82 Å². The van der Waals surface area contributed by atoms with E-state index in [1.165, 1.54) is 18.3 Å². The molecule has 0 radical (unpaired) electrons. The van der Waals surface area contributed by atoms with E-state index in [0.717, 1.165) is 17.7 Å². The number of aromatic nitrogens is 2. The summed E-state index contributed by atoms with van der Waals surface area (Å²) in [6.07, 6.45) is -1.26. The van der Waals surface area contributed by atoms with Gasteiger partial charge in [0.25, 0.3) is 5.91 Å². The molecule has 9 heteroatoms. The summed E-state index contributed by atoms with van der Waals surface area (Å²) >= 11 is 0. The smallest absolute Gasteiger partial charge is 0.378 e. The number of nitrogens with zero attached hydrogens (tertiary/aromatic N) is 3. The van der Waals surface area contributed by atoms with Crippen LogP contribution in [0.25, 0.3) is 11.3 Å². The highest BCUT2D eigenvalue weighted by Crippen LogP contribution is 2.29. The van der Waals surface area contributed by atoms with Gasteiger partial charge in [0, 0.05) is 43.2 Å². The first kappa shape index (κ1) is 21.8. The zero-order chi connectivity index (χ0) is 22.6. The molecule has 2 heterocycles. The van der Waals surface area contributed by atoms with Gasteiger partial charge in [0.1, 0.15) is 5.69 Å². The molecule has 3 aromatic rings. The molecule has 2 aromatic carbocycles. The standard InChI is InChI=1S/C23H21F3N4O2/c24-23(25,26)19-7-1-16(2-8-19)15-29-21-20(27-9-10-28-21)17-3-5-18(6-4-17)22(31)30-11-13-32-14-12-30/h1-10H,11-15H2,(H,28,29). The monoisotopic (exact) mass is 442 g/mol. The second kappa shape index (κ2) is 9.35. The molecule has 0 aliphatic carbocycles. The summed E-state index contributed by atoms with van der Waals surface area (Å²) in [5.74, 6) is 0.458. The van der Waals surface area contributed by atoms with Crippen molar-refractivity contribution in [1.82, 2.24) is 14.9 Å². The number of hydrogen-bond acceptors (Lipinski definition) is 5. The highest BCUT2D eigenvalue weighted by molar-refractivity contribution is 5.94. The summed E-state index contributed by atoms with van der Waals surface area (Å²) in [5, 5.41) is 3.13. The van der Waals surface area contributed by atoms with E-state index in [1.807, 2.05) is 0 Å². The molecule has 1 amide bonds. The Morgan fingerprint density at radius 3 is 2.28 bits per heavy atom. The van der Waals surface area contributed by atoms with Gasteiger partial charge in [-0.1, -0.05) is 24.3 Å². The Labute approximate surface area is 183 Å². The molecule has 1 N–H and O–H groups in total. The van der Waals surface area contributed by atoms with E-state index in [0.29, 0.717) is 48.9 Å². The molecule has 0 bridgehead atoms. The third-order valence-electron chi connectivity index (χ3n) is 5.14. The lowest BCUT2D eigenvalue weighted by molar-refractivity contribution is -0.137. The van der Waals surface area contributed by atoms with Crippen LogP contribution in [-0.2, 0) is 17.5 Å². The van der Waals surface area contributed by atoms with Crippen LogP contribution in [0.5, 0.6) is 0 Å². The van der Waals surface area contributed by atoms with Crippen molar-refractivity contribution in [2.75, 3.05) is 31.6 Å². The molecule has 1 aromatic heterocycles. The minimum Gasteiger partial charge on any atom is -0.378 e. The fourth-order valence-electron chi connectivity index (χ4n) is 3.40. The number of anilines is 1. The van der Waals surface area contributed by atoms with E-state index in [9.17, 15) is 18.0 Å². The van der Waals surface area contributed by atoms with Crippen molar-refractivity contribution in [3.05, 3.63) is 77.6 Å². The second-order valence-electron chi connectivity index (χ2n) is 7.28. The summed E-state index contributed by atoms with van der Waals surface area (Å²) in [5.41, 5.74) is 1.93. The van der Waals surface area contributed by atoms with Crippen LogP contribution < -0.4 is 5.32 Å². The third-order valence-corrected chi connectivity index (χ3v) is 5.14. The zero-order valence-corrected chi connectivity index (χ0v) is 17.1. The zero-order valence-electron chi connectivity index (χ0n) is 17.1. The topological polar surface area (TPSA) is 67.4 Å². The number of ether oxygens (including phenoxy) is 1. The van der Waals surface area contributed by atoms with E-state index in [4.69, 9.17) is 4.74 Å². The molecule has 32 heavy (non-hydrogen) atoms. The maximum Gasteiger partial charge on any atom is 0.416 e. The SMILES string of the molecule is O=C(c1ccc(-c2nccnc2NCc2ccc(C(F)(F)F)cc2)cc1)N1CCOCC1. The van der Waals surface area contributed by atoms with Crippen molar-refractivity contribution < 1.29 is 22.7 Å². The number of morpholine rings is 1. The molecule has 0 atom stereocenters. The van der Waals surface area contributed by atoms with Crippen molar-refractivity contribution >= 4 is 11.7 Å². The lowest BCUT2D eigenvalue weighted by atomic mass is 10.1. The maximum atomic E-state index is 12.7. The highest BCUT2D eigenvalue weighted by atomic mass is 19.4. The van der Waals surface area contributed by atoms with Crippen LogP contribution in [-0.4, -0.2) is 47.1 Å². The van der Waals surface area contributed by atoms with Crippen molar-refractivity contribution in [2.45, 2.75) is 12.7 Å². The quantitative estimate of drug-likeness (QED) is 0.640. The molecule has 4 rings (SSSR count). The average molecular weight is 442 g/mol. The molecular formula is C23H21F3N4O2. The molecule has 0 saturated carbocycles. The Kier molecular flexibility index (Phi) is 6.36. The average Bonchev–Trinajstić information content (AvgIpc) is 2.83. The van der Waals surface area contributed by atoms with Crippen molar-refractivity contribution in [3.63, 3.8) is 0 Å². The van der Waals surface area contributed by atoms with Crippen LogP contribution in [0.3, 0.4) is 0 Å². The Hall–Kier alpha value is -3.46. The molecule has 1 aliphatic rings. The van der Waals surface area contributed by atoms with Crippen molar-refractivity contribution in [3.8, 4) is 11.3 Å². The number of rotatable bonds is 5. The highest BCUT2D eigenvalue weighted by Gasteiger charge is 2.29. The fourth-order valence-corrected chi connectivity index (χ4v) is 3.40. The minimum atomic E-state index is -4.36. The Bertz CT molecular complexity index is 1060. The second-order valence-corrected chi connectivity index (χ2v) is 7.28. The van der Waals surface area contributed by atoms with Gasteiger partial charge < -0.3 is 15.0 Å². The lowest BCUT2D eigenvalue weighted by Gasteiger charge is -2.26. The van der Waals surface area contributed by atoms with Crippen molar-refractivity contribution in [1.29, 1.82) is 0 Å². The molecule has 1 saturated heterocycles. The minimum absolute atomic E-state index is 0.0420. The van der Waals surface area contributed by atoms with Crippen LogP contribution in [0.2, 0.25) is 0 Å². The first-order valence-corrected chi connectivity index (χ1v) is 10.1. The molecule has 6 nitrogen and oxygen atoms in total. The van der Waals surface area contributed by atoms with Crippen LogP contribution in [0.15, 0.2) is 60.9 Å². The van der Waals surface area contributed by atoms with Gasteiger partial charge in [-0.25, -0.2) is 4.98 Å². The van der Waals surface area contributed by atoms with Crippen LogP contribution in [0.1, 0.15) is 21.5 Å². The van der Waals surface area contributed by atoms with Crippen LogP contribution in [0, 0.1) is 0 Å². The van der Waals surface area contributed by atoms with Gasteiger partial charge in [0.2, 0.25) is 0 Å². The lowest BCUT2D eigenvalue weighted by Crippen LogP contribution is -2.40. The molecule has 0 unspecified atom stereocenters. The predicted molar refractivity (Wildman–Crippen MR) is 113 cm³/mol. The number of amides is 1. The fraction of sp³-hybridized carbons (Fsp3) is 0.261. The summed E-state index contributed by atoms with van der Waals surface area (Å²) < 4.78 is 43.5. The van der Waals surface area contributed by atoms with E-state index < -0.39 is 11.7 Å². The molecule has 166 valence electrons. The van der Waals surface area contributed by atoms with E-state index >= 15 is 0 Å². The molecule has 1 fully saturated rings. The van der Waals surface area contributed by atoms with Crippen LogP contribution in [0.4, 0.5) is 19.0 Å². The number of carbonyl (C=O) groups excluding carboxylic acids is 1. The number of alkyl halides is 3. The van der Waals surface area contributed by atoms with Gasteiger partial charge in [-0.3, -0.25) is 9.78 Å². The largest absolute Gasteiger partial charge is 0.416 e. The Balaban J connectivity index is 1.46. The van der Waals surface area contributed by atoms with E-state index in [2.05, 4.69) is 15.3 Å². The molecule has 0 spiro atoms. The van der Waals surface area contributed by atoms with Crippen molar-refractivity contribution in [2.24, 2.45) is 0 Å². The molecule has 1 aliphatic heterocycles. The van der Waals surface area contributed by atoms with Gasteiger partial charge in [-0.05, 0) is 29.8 Å². The summed E-state index contributed by atoms with van der Waals surface area (Å²) in [7, 11) is 0. The number of nitrogens with one attached hydrogen (secondary N) is 1. The summed E-state index contributed by atoms with van der Waals surface area (Å²) in [6, 6.07) is 12.1. The van der Waals surface area contributed by atoms with Gasteiger partial charge in [-0.15, -0.1) is 0 Å². The number of carbonyl (C=O) groups is 1. The van der Waals surface area contributed by atoms with E-state index in [1.54, 1.807) is 35.4 Å². The van der Waals surface area contributed by atoms with Gasteiger partial charge in [-0.2, -0.15) is 13.2 Å². The number of halogens is 3. The van der Waals surface area contributed by atoms with E-state index in [-0.39, 0.29) is 12.5 Å². The maximum absolute atomic E-state index is 12.7. The predicted octanol–water partition coefficient (Wildman–Crippen LogP) is 4.25. The van der Waals surface area contributed by atoms with Gasteiger partial charge >= 0.3 is 6.18 Å². The number of hydrogen-bond donors (Lipinski definition) is 1. The summed E-state index contributed by atoms with van der Waals surface area (Å²) in [4.78, 5) is 23.1. The number of benzene rings is 2. The van der Waals surface area contributed by atoms with Gasteiger partial charge in [0.05, 0.1) is 18.8 Å². The third kappa shape index (κ3) is 5.05. The molecular weight excluding hydrogens is 421 g/mol. The first-order valence-electron chi connectivity index (χ1n) is 10.1. The Morgan fingerprint density at radius 1 is 0.969 bits per heavy atom.